The third kappa shape index (κ3) is 0.540. The van der Waals surface area contributed by atoms with Crippen LogP contribution in [0.3, 0.4) is 0 Å². The molecule has 0 amide bonds. The SMILES string of the molecule is Nc1[15n]c[15n]c2nc[nH]c12. The maximum atomic E-state index is 5.48. The summed E-state index contributed by atoms with van der Waals surface area (Å²) in [5.41, 5.74) is 6.78. The van der Waals surface area contributed by atoms with Gasteiger partial charge in [0.1, 0.15) is 11.8 Å². The molecule has 0 spiro atoms. The van der Waals surface area contributed by atoms with E-state index in [2.05, 4.69) is 19.9 Å². The van der Waals surface area contributed by atoms with Gasteiger partial charge in [-0.05, 0) is 0 Å². The Kier molecular flexibility index (Phi) is 0.858. The quantitative estimate of drug-likeness (QED) is 0.532. The van der Waals surface area contributed by atoms with Crippen molar-refractivity contribution in [2.45, 2.75) is 0 Å². The van der Waals surface area contributed by atoms with Crippen LogP contribution in [-0.4, -0.2) is 19.9 Å². The number of aromatic amines is 1. The van der Waals surface area contributed by atoms with Gasteiger partial charge in [-0.15, -0.1) is 0 Å². The molecule has 0 atom stereocenters. The molecule has 2 aromatic rings. The van der Waals surface area contributed by atoms with Crippen molar-refractivity contribution in [1.29, 1.82) is 0 Å². The number of nitrogens with zero attached hydrogens (tertiary/aromatic N) is 3. The standard InChI is InChI=1S/C5H5N5/c6-4-3-5(9-1-7-3)10-2-8-4/h1-2H,(H3,6,7,8,9,10)/i8+1,10+1. The third-order valence-corrected chi connectivity index (χ3v) is 1.25. The number of imidazole rings is 1. The molecule has 0 aliphatic heterocycles. The van der Waals surface area contributed by atoms with Crippen molar-refractivity contribution in [1.82, 2.24) is 19.9 Å². The number of aromatic nitrogens is 4. The average Bonchev–Trinajstić information content (AvgIpc) is 2.36. The van der Waals surface area contributed by atoms with Crippen LogP contribution >= 0.6 is 0 Å². The minimum Gasteiger partial charge on any atom is -0.382 e. The van der Waals surface area contributed by atoms with Crippen molar-refractivity contribution in [2.24, 2.45) is 0 Å². The molecule has 0 aliphatic rings. The van der Waals surface area contributed by atoms with E-state index in [0.29, 0.717) is 17.0 Å². The van der Waals surface area contributed by atoms with Gasteiger partial charge in [0.05, 0.1) is 6.33 Å². The number of hydrogen-bond donors (Lipinski definition) is 2. The largest absolute Gasteiger partial charge is 0.382 e. The van der Waals surface area contributed by atoms with Gasteiger partial charge in [-0.1, -0.05) is 0 Å². The molecule has 0 saturated carbocycles. The van der Waals surface area contributed by atoms with E-state index in [0.717, 1.165) is 0 Å². The zero-order valence-electron chi connectivity index (χ0n) is 5.07. The van der Waals surface area contributed by atoms with E-state index >= 15 is 0 Å². The highest BCUT2D eigenvalue weighted by Gasteiger charge is 1.99. The predicted octanol–water partition coefficient (Wildman–Crippen LogP) is -0.0649. The highest BCUT2D eigenvalue weighted by Crippen LogP contribution is 2.09. The molecule has 50 valence electrons. The van der Waals surface area contributed by atoms with Crippen LogP contribution in [0.15, 0.2) is 12.7 Å². The summed E-state index contributed by atoms with van der Waals surface area (Å²) in [6, 6.07) is 0. The fourth-order valence-electron chi connectivity index (χ4n) is 0.784. The number of rotatable bonds is 0. The van der Waals surface area contributed by atoms with Crippen molar-refractivity contribution in [3.63, 3.8) is 0 Å². The average molecular weight is 137 g/mol. The Morgan fingerprint density at radius 3 is 3.00 bits per heavy atom. The molecule has 2 aromatic heterocycles. The zero-order chi connectivity index (χ0) is 6.97. The van der Waals surface area contributed by atoms with Crippen LogP contribution in [0.5, 0.6) is 0 Å². The highest BCUT2D eigenvalue weighted by atomic mass is 15.6. The van der Waals surface area contributed by atoms with Crippen molar-refractivity contribution < 1.29 is 0 Å². The lowest BCUT2D eigenvalue weighted by Gasteiger charge is -1.89. The molecule has 0 radical (unpaired) electrons. The van der Waals surface area contributed by atoms with Gasteiger partial charge >= 0.3 is 0 Å². The van der Waals surface area contributed by atoms with Crippen LogP contribution in [0, 0.1) is 0 Å². The van der Waals surface area contributed by atoms with E-state index in [1.54, 1.807) is 0 Å². The Morgan fingerprint density at radius 1 is 1.30 bits per heavy atom. The minimum atomic E-state index is 0.433. The van der Waals surface area contributed by atoms with Crippen molar-refractivity contribution in [2.75, 3.05) is 5.73 Å². The van der Waals surface area contributed by atoms with Crippen LogP contribution in [0.1, 0.15) is 0 Å². The summed E-state index contributed by atoms with van der Waals surface area (Å²) in [4.78, 5) is 14.4. The molecule has 2 rings (SSSR count). The second-order valence-electron chi connectivity index (χ2n) is 1.86. The van der Waals surface area contributed by atoms with Gasteiger partial charge < -0.3 is 10.7 Å². The fraction of sp³-hybridized carbons (Fsp3) is 0. The molecule has 0 fully saturated rings. The van der Waals surface area contributed by atoms with Crippen LogP contribution in [-0.2, 0) is 0 Å². The first-order valence-electron chi connectivity index (χ1n) is 2.77. The molecule has 3 N–H and O–H groups in total. The number of fused-ring (bicyclic) bond motifs is 1. The first-order valence-corrected chi connectivity index (χ1v) is 2.77. The molecule has 10 heavy (non-hydrogen) atoms. The number of nitrogens with two attached hydrogens (primary N) is 1. The summed E-state index contributed by atoms with van der Waals surface area (Å²) < 4.78 is 0. The van der Waals surface area contributed by atoms with E-state index < -0.39 is 0 Å². The topological polar surface area (TPSA) is 80.5 Å². The maximum absolute atomic E-state index is 5.48. The lowest BCUT2D eigenvalue weighted by Crippen LogP contribution is -1.91. The van der Waals surface area contributed by atoms with Crippen LogP contribution < -0.4 is 5.73 Å². The Morgan fingerprint density at radius 2 is 2.20 bits per heavy atom. The zero-order valence-corrected chi connectivity index (χ0v) is 5.07. The van der Waals surface area contributed by atoms with E-state index in [1.165, 1.54) is 12.7 Å². The lowest BCUT2D eigenvalue weighted by molar-refractivity contribution is 1.21. The van der Waals surface area contributed by atoms with Gasteiger partial charge in [0.25, 0.3) is 0 Å². The van der Waals surface area contributed by atoms with E-state index in [9.17, 15) is 0 Å². The number of H-pyrrole nitrogens is 1. The molecule has 0 bridgehead atoms. The highest BCUT2D eigenvalue weighted by molar-refractivity contribution is 5.80. The third-order valence-electron chi connectivity index (χ3n) is 1.25. The van der Waals surface area contributed by atoms with Crippen LogP contribution in [0.2, 0.25) is 0 Å². The minimum absolute atomic E-state index is 0.433. The summed E-state index contributed by atoms with van der Waals surface area (Å²) in [6.07, 6.45) is 2.92. The van der Waals surface area contributed by atoms with Crippen molar-refractivity contribution >= 4 is 17.0 Å². The van der Waals surface area contributed by atoms with E-state index in [1.807, 2.05) is 0 Å². The molecule has 5 nitrogen and oxygen atoms in total. The Balaban J connectivity index is 2.95. The van der Waals surface area contributed by atoms with Gasteiger partial charge in [0.2, 0.25) is 0 Å². The second kappa shape index (κ2) is 1.66. The second-order valence-corrected chi connectivity index (χ2v) is 1.86. The summed E-state index contributed by atoms with van der Waals surface area (Å²) >= 11 is 0. The normalized spacial score (nSPS) is 10.4. The molecule has 2 heterocycles. The van der Waals surface area contributed by atoms with Gasteiger partial charge in [0, 0.05) is 0 Å². The van der Waals surface area contributed by atoms with E-state index in [-0.39, 0.29) is 0 Å². The smallest absolute Gasteiger partial charge is 0.182 e. The van der Waals surface area contributed by atoms with Gasteiger partial charge in [-0.25, -0.2) is 15.0 Å². The van der Waals surface area contributed by atoms with Crippen LogP contribution in [0.25, 0.3) is 11.2 Å². The Bertz CT molecular complexity index is 352. The van der Waals surface area contributed by atoms with Gasteiger partial charge in [-0.3, -0.25) is 0 Å². The number of nitrogens with one attached hydrogen (secondary N) is 1. The number of hydrogen-bond acceptors (Lipinski definition) is 4. The summed E-state index contributed by atoms with van der Waals surface area (Å²) in [7, 11) is 0. The van der Waals surface area contributed by atoms with Crippen molar-refractivity contribution in [3.8, 4) is 0 Å². The first-order chi connectivity index (χ1) is 4.88. The summed E-state index contributed by atoms with van der Waals surface area (Å²) in [5.74, 6) is 0.433. The van der Waals surface area contributed by atoms with Gasteiger partial charge in [0.15, 0.2) is 11.5 Å². The van der Waals surface area contributed by atoms with Crippen LogP contribution in [0.4, 0.5) is 5.82 Å². The summed E-state index contributed by atoms with van der Waals surface area (Å²) in [5, 5.41) is 0. The monoisotopic (exact) mass is 137 g/mol. The summed E-state index contributed by atoms with van der Waals surface area (Å²) in [6.45, 7) is 0. The molecular weight excluding hydrogens is 132 g/mol. The first kappa shape index (κ1) is 5.16. The maximum Gasteiger partial charge on any atom is 0.182 e. The van der Waals surface area contributed by atoms with Gasteiger partial charge in [-0.2, -0.15) is 0 Å². The van der Waals surface area contributed by atoms with Crippen molar-refractivity contribution in [3.05, 3.63) is 12.7 Å². The molecule has 0 aromatic carbocycles. The lowest BCUT2D eigenvalue weighted by atomic mass is 10.5. The number of anilines is 1. The Hall–Kier alpha value is -1.65. The fourth-order valence-corrected chi connectivity index (χ4v) is 0.784. The molecule has 5 heteroatoms. The molecular formula is C5H5N5. The molecule has 0 unspecified atom stereocenters. The molecule has 0 saturated heterocycles. The van der Waals surface area contributed by atoms with E-state index in [4.69, 9.17) is 5.73 Å². The Labute approximate surface area is 56.3 Å². The predicted molar refractivity (Wildman–Crippen MR) is 36.1 cm³/mol. The molecule has 0 aliphatic carbocycles. The number of nitrogen functional groups attached to an aromatic ring is 1.